The fraction of sp³-hybridized carbons (Fsp3) is 0.368. The minimum Gasteiger partial charge on any atom is -0.317 e. The number of rotatable bonds is 1. The normalized spacial score (nSPS) is 21.4. The topological polar surface area (TPSA) is 42.0 Å². The molecule has 1 aliphatic heterocycles. The van der Waals surface area contributed by atoms with Crippen LogP contribution in [0.3, 0.4) is 0 Å². The molecule has 1 saturated heterocycles. The highest BCUT2D eigenvalue weighted by Crippen LogP contribution is 2.41. The first-order valence-electron chi connectivity index (χ1n) is 8.21. The van der Waals surface area contributed by atoms with Gasteiger partial charge in [-0.15, -0.1) is 0 Å². The van der Waals surface area contributed by atoms with E-state index >= 15 is 0 Å². The van der Waals surface area contributed by atoms with E-state index in [9.17, 15) is 4.79 Å². The SMILES string of the molecule is O=C1Cc2cc(Cl)ccc2C(C2CCNCC2)c2ncccc21. The molecule has 0 radical (unpaired) electrons. The highest BCUT2D eigenvalue weighted by Gasteiger charge is 2.34. The molecule has 0 saturated carbocycles. The quantitative estimate of drug-likeness (QED) is 0.870. The molecule has 2 aromatic rings. The standard InChI is InChI=1S/C19H19ClN2O/c20-14-3-4-15-13(10-14)11-17(23)16-2-1-7-22-19(16)18(15)12-5-8-21-9-6-12/h1-4,7,10,12,18,21H,5-6,8-9,11H2. The van der Waals surface area contributed by atoms with Crippen molar-refractivity contribution in [3.8, 4) is 0 Å². The second-order valence-electron chi connectivity index (χ2n) is 6.44. The predicted molar refractivity (Wildman–Crippen MR) is 91.2 cm³/mol. The molecule has 1 fully saturated rings. The number of carbonyl (C=O) groups is 1. The summed E-state index contributed by atoms with van der Waals surface area (Å²) in [7, 11) is 0. The molecule has 0 spiro atoms. The number of benzene rings is 1. The average Bonchev–Trinajstić information content (AvgIpc) is 2.70. The number of halogens is 1. The highest BCUT2D eigenvalue weighted by molar-refractivity contribution is 6.30. The zero-order valence-electron chi connectivity index (χ0n) is 12.9. The number of nitrogens with zero attached hydrogens (tertiary/aromatic N) is 1. The fourth-order valence-corrected chi connectivity index (χ4v) is 4.20. The van der Waals surface area contributed by atoms with E-state index in [1.165, 1.54) is 5.56 Å². The number of Topliss-reactive ketones (excluding diaryl/α,β-unsaturated/α-hetero) is 1. The summed E-state index contributed by atoms with van der Waals surface area (Å²) in [6, 6.07) is 9.77. The largest absolute Gasteiger partial charge is 0.317 e. The first-order valence-corrected chi connectivity index (χ1v) is 8.59. The lowest BCUT2D eigenvalue weighted by Gasteiger charge is -2.31. The van der Waals surface area contributed by atoms with Gasteiger partial charge in [-0.05, 0) is 67.2 Å². The Morgan fingerprint density at radius 2 is 2.00 bits per heavy atom. The lowest BCUT2D eigenvalue weighted by molar-refractivity contribution is 0.0992. The third-order valence-corrected chi connectivity index (χ3v) is 5.31. The number of carbonyl (C=O) groups excluding carboxylic acids is 1. The van der Waals surface area contributed by atoms with Crippen LogP contribution in [-0.4, -0.2) is 23.9 Å². The number of hydrogen-bond acceptors (Lipinski definition) is 3. The van der Waals surface area contributed by atoms with Crippen molar-refractivity contribution in [1.29, 1.82) is 0 Å². The molecule has 0 bridgehead atoms. The minimum absolute atomic E-state index is 0.146. The van der Waals surface area contributed by atoms with Crippen molar-refractivity contribution < 1.29 is 4.79 Å². The molecular formula is C19H19ClN2O. The van der Waals surface area contributed by atoms with E-state index in [2.05, 4.69) is 16.4 Å². The number of nitrogens with one attached hydrogen (secondary N) is 1. The van der Waals surface area contributed by atoms with Gasteiger partial charge in [-0.2, -0.15) is 0 Å². The number of pyridine rings is 1. The van der Waals surface area contributed by atoms with Gasteiger partial charge < -0.3 is 5.32 Å². The van der Waals surface area contributed by atoms with E-state index in [-0.39, 0.29) is 11.7 Å². The molecule has 4 rings (SSSR count). The Bertz CT molecular complexity index is 753. The Morgan fingerprint density at radius 1 is 1.17 bits per heavy atom. The molecule has 1 aliphatic carbocycles. The van der Waals surface area contributed by atoms with E-state index in [4.69, 9.17) is 11.6 Å². The summed E-state index contributed by atoms with van der Waals surface area (Å²) in [5.41, 5.74) is 4.02. The van der Waals surface area contributed by atoms with Crippen molar-refractivity contribution in [2.75, 3.05) is 13.1 Å². The summed E-state index contributed by atoms with van der Waals surface area (Å²) in [4.78, 5) is 17.3. The third kappa shape index (κ3) is 2.68. The van der Waals surface area contributed by atoms with Crippen LogP contribution in [0.2, 0.25) is 5.02 Å². The Labute approximate surface area is 141 Å². The highest BCUT2D eigenvalue weighted by atomic mass is 35.5. The molecule has 1 aromatic carbocycles. The van der Waals surface area contributed by atoms with Crippen molar-refractivity contribution in [2.45, 2.75) is 25.2 Å². The van der Waals surface area contributed by atoms with Crippen LogP contribution in [0.4, 0.5) is 0 Å². The van der Waals surface area contributed by atoms with Gasteiger partial charge in [0.2, 0.25) is 0 Å². The molecule has 118 valence electrons. The molecule has 4 heteroatoms. The van der Waals surface area contributed by atoms with Crippen LogP contribution in [0.5, 0.6) is 0 Å². The Kier molecular flexibility index (Phi) is 3.92. The third-order valence-electron chi connectivity index (χ3n) is 5.08. The van der Waals surface area contributed by atoms with Crippen LogP contribution in [0.15, 0.2) is 36.5 Å². The Balaban J connectivity index is 1.91. The second-order valence-corrected chi connectivity index (χ2v) is 6.88. The summed E-state index contributed by atoms with van der Waals surface area (Å²) in [5, 5.41) is 4.12. The van der Waals surface area contributed by atoms with E-state index in [0.717, 1.165) is 42.8 Å². The van der Waals surface area contributed by atoms with Gasteiger partial charge in [-0.3, -0.25) is 9.78 Å². The summed E-state index contributed by atoms with van der Waals surface area (Å²) in [6.07, 6.45) is 4.44. The van der Waals surface area contributed by atoms with Gasteiger partial charge in [0.25, 0.3) is 0 Å². The van der Waals surface area contributed by atoms with Gasteiger partial charge in [-0.25, -0.2) is 0 Å². The van der Waals surface area contributed by atoms with Gasteiger partial charge in [0.05, 0.1) is 5.69 Å². The maximum atomic E-state index is 12.7. The van der Waals surface area contributed by atoms with Crippen molar-refractivity contribution in [1.82, 2.24) is 10.3 Å². The van der Waals surface area contributed by atoms with Crippen molar-refractivity contribution in [2.24, 2.45) is 5.92 Å². The summed E-state index contributed by atoms with van der Waals surface area (Å²) >= 11 is 6.19. The number of piperidine rings is 1. The van der Waals surface area contributed by atoms with Crippen molar-refractivity contribution in [3.63, 3.8) is 0 Å². The lowest BCUT2D eigenvalue weighted by atomic mass is 9.77. The first kappa shape index (κ1) is 14.9. The summed E-state index contributed by atoms with van der Waals surface area (Å²) < 4.78 is 0. The smallest absolute Gasteiger partial charge is 0.169 e. The van der Waals surface area contributed by atoms with E-state index in [0.29, 0.717) is 17.4 Å². The summed E-state index contributed by atoms with van der Waals surface area (Å²) in [5.74, 6) is 0.843. The van der Waals surface area contributed by atoms with Gasteiger partial charge in [0.15, 0.2) is 5.78 Å². The summed E-state index contributed by atoms with van der Waals surface area (Å²) in [6.45, 7) is 2.06. The molecule has 1 aromatic heterocycles. The molecule has 1 unspecified atom stereocenters. The Morgan fingerprint density at radius 3 is 2.83 bits per heavy atom. The van der Waals surface area contributed by atoms with Crippen molar-refractivity contribution >= 4 is 17.4 Å². The van der Waals surface area contributed by atoms with Gasteiger partial charge in [0, 0.05) is 29.1 Å². The van der Waals surface area contributed by atoms with Crippen LogP contribution in [0.25, 0.3) is 0 Å². The zero-order valence-corrected chi connectivity index (χ0v) is 13.6. The number of fused-ring (bicyclic) bond motifs is 2. The monoisotopic (exact) mass is 326 g/mol. The molecule has 3 nitrogen and oxygen atoms in total. The Hall–Kier alpha value is -1.71. The van der Waals surface area contributed by atoms with E-state index < -0.39 is 0 Å². The molecular weight excluding hydrogens is 308 g/mol. The van der Waals surface area contributed by atoms with Gasteiger partial charge >= 0.3 is 0 Å². The number of hydrogen-bond donors (Lipinski definition) is 1. The maximum absolute atomic E-state index is 12.7. The lowest BCUT2D eigenvalue weighted by Crippen LogP contribution is -2.32. The molecule has 23 heavy (non-hydrogen) atoms. The van der Waals surface area contributed by atoms with Crippen LogP contribution in [-0.2, 0) is 6.42 Å². The fourth-order valence-electron chi connectivity index (χ4n) is 4.00. The van der Waals surface area contributed by atoms with Crippen LogP contribution < -0.4 is 5.32 Å². The van der Waals surface area contributed by atoms with Crippen LogP contribution in [0.1, 0.15) is 45.9 Å². The van der Waals surface area contributed by atoms with Gasteiger partial charge in [-0.1, -0.05) is 17.7 Å². The molecule has 2 heterocycles. The predicted octanol–water partition coefficient (Wildman–Crippen LogP) is 3.61. The average molecular weight is 327 g/mol. The molecule has 2 aliphatic rings. The number of ketones is 1. The van der Waals surface area contributed by atoms with Crippen LogP contribution in [0, 0.1) is 5.92 Å². The van der Waals surface area contributed by atoms with Crippen LogP contribution >= 0.6 is 11.6 Å². The van der Waals surface area contributed by atoms with Gasteiger partial charge in [0.1, 0.15) is 0 Å². The molecule has 0 amide bonds. The zero-order chi connectivity index (χ0) is 15.8. The number of aromatic nitrogens is 1. The second kappa shape index (κ2) is 6.06. The van der Waals surface area contributed by atoms with Crippen molar-refractivity contribution in [3.05, 3.63) is 63.9 Å². The van der Waals surface area contributed by atoms with E-state index in [1.54, 1.807) is 6.20 Å². The van der Waals surface area contributed by atoms with E-state index in [1.807, 2.05) is 24.3 Å². The molecule has 1 N–H and O–H groups in total. The first-order chi connectivity index (χ1) is 11.2. The maximum Gasteiger partial charge on any atom is 0.169 e. The molecule has 1 atom stereocenters. The minimum atomic E-state index is 0.146.